The molecule has 1 aliphatic rings. The minimum atomic E-state index is -0.485. The van der Waals surface area contributed by atoms with Gasteiger partial charge in [-0.2, -0.15) is 0 Å². The van der Waals surface area contributed by atoms with Gasteiger partial charge in [0.25, 0.3) is 0 Å². The van der Waals surface area contributed by atoms with Crippen molar-refractivity contribution < 1.29 is 9.53 Å². The minimum absolute atomic E-state index is 0.298. The number of hydrogen-bond donors (Lipinski definition) is 1. The number of aryl methyl sites for hydroxylation is 1. The Labute approximate surface area is 116 Å². The second kappa shape index (κ2) is 5.05. The van der Waals surface area contributed by atoms with E-state index < -0.39 is 11.9 Å². The van der Waals surface area contributed by atoms with E-state index in [4.69, 9.17) is 10.5 Å². The third kappa shape index (κ3) is 2.08. The van der Waals surface area contributed by atoms with Gasteiger partial charge in [0.2, 0.25) is 5.91 Å². The molecular formula is C14H16N4O2. The zero-order valence-electron chi connectivity index (χ0n) is 11.2. The van der Waals surface area contributed by atoms with E-state index in [-0.39, 0.29) is 0 Å². The number of carbonyl (C=O) groups excluding carboxylic acids is 1. The topological polar surface area (TPSA) is 81.3 Å². The van der Waals surface area contributed by atoms with E-state index in [9.17, 15) is 4.79 Å². The average molecular weight is 272 g/mol. The molecule has 2 heterocycles. The fourth-order valence-corrected chi connectivity index (χ4v) is 2.57. The number of ether oxygens (including phenoxy) is 1. The van der Waals surface area contributed by atoms with Crippen LogP contribution >= 0.6 is 0 Å². The number of nitrogens with two attached hydrogens (primary N) is 1. The molecule has 6 heteroatoms. The first-order valence-corrected chi connectivity index (χ1v) is 6.52. The molecule has 0 aliphatic carbocycles. The molecule has 3 rings (SSSR count). The van der Waals surface area contributed by atoms with Gasteiger partial charge in [-0.3, -0.25) is 4.79 Å². The van der Waals surface area contributed by atoms with Gasteiger partial charge in [-0.05, 0) is 18.6 Å². The molecule has 0 saturated carbocycles. The van der Waals surface area contributed by atoms with Crippen molar-refractivity contribution in [2.24, 2.45) is 5.73 Å². The first kappa shape index (κ1) is 12.8. The van der Waals surface area contributed by atoms with Crippen molar-refractivity contribution in [3.63, 3.8) is 0 Å². The summed E-state index contributed by atoms with van der Waals surface area (Å²) in [7, 11) is 0. The van der Waals surface area contributed by atoms with Gasteiger partial charge in [-0.25, -0.2) is 9.97 Å². The Morgan fingerprint density at radius 2 is 2.30 bits per heavy atom. The van der Waals surface area contributed by atoms with E-state index in [0.717, 1.165) is 22.3 Å². The van der Waals surface area contributed by atoms with Gasteiger partial charge in [-0.15, -0.1) is 0 Å². The average Bonchev–Trinajstić information content (AvgIpc) is 2.47. The van der Waals surface area contributed by atoms with Crippen LogP contribution in [0.5, 0.6) is 0 Å². The van der Waals surface area contributed by atoms with Crippen LogP contribution in [0.2, 0.25) is 0 Å². The Morgan fingerprint density at radius 3 is 3.10 bits per heavy atom. The van der Waals surface area contributed by atoms with Gasteiger partial charge >= 0.3 is 0 Å². The van der Waals surface area contributed by atoms with Gasteiger partial charge in [0.1, 0.15) is 18.2 Å². The molecule has 20 heavy (non-hydrogen) atoms. The van der Waals surface area contributed by atoms with Crippen molar-refractivity contribution >= 4 is 22.6 Å². The Morgan fingerprint density at radius 1 is 1.45 bits per heavy atom. The standard InChI is InChI=1S/C14H16N4O2/c1-9-3-2-4-10-12(9)14(17-8-16-10)18-5-6-20-7-11(18)13(15)19/h2-4,8,11H,5-7H2,1H3,(H2,15,19). The highest BCUT2D eigenvalue weighted by atomic mass is 16.5. The molecule has 0 radical (unpaired) electrons. The first-order chi connectivity index (χ1) is 9.68. The summed E-state index contributed by atoms with van der Waals surface area (Å²) in [4.78, 5) is 22.2. The number of fused-ring (bicyclic) bond motifs is 1. The zero-order chi connectivity index (χ0) is 14.1. The second-order valence-corrected chi connectivity index (χ2v) is 4.85. The van der Waals surface area contributed by atoms with Gasteiger partial charge < -0.3 is 15.4 Å². The van der Waals surface area contributed by atoms with Crippen LogP contribution in [0.3, 0.4) is 0 Å². The zero-order valence-corrected chi connectivity index (χ0v) is 11.2. The van der Waals surface area contributed by atoms with E-state index in [1.807, 2.05) is 30.0 Å². The predicted octanol–water partition coefficient (Wildman–Crippen LogP) is 0.629. The number of morpholine rings is 1. The van der Waals surface area contributed by atoms with Crippen molar-refractivity contribution in [1.82, 2.24) is 9.97 Å². The number of primary amides is 1. The van der Waals surface area contributed by atoms with Gasteiger partial charge in [-0.1, -0.05) is 12.1 Å². The number of anilines is 1. The molecule has 1 aliphatic heterocycles. The van der Waals surface area contributed by atoms with Crippen LogP contribution in [0.4, 0.5) is 5.82 Å². The fraction of sp³-hybridized carbons (Fsp3) is 0.357. The summed E-state index contributed by atoms with van der Waals surface area (Å²) < 4.78 is 5.35. The van der Waals surface area contributed by atoms with Crippen molar-refractivity contribution in [2.45, 2.75) is 13.0 Å². The van der Waals surface area contributed by atoms with Gasteiger partial charge in [0, 0.05) is 11.9 Å². The SMILES string of the molecule is Cc1cccc2ncnc(N3CCOCC3C(N)=O)c12. The second-order valence-electron chi connectivity index (χ2n) is 4.85. The molecule has 1 aromatic carbocycles. The van der Waals surface area contributed by atoms with Crippen LogP contribution in [0.25, 0.3) is 10.9 Å². The van der Waals surface area contributed by atoms with Crippen LogP contribution in [-0.4, -0.2) is 41.7 Å². The number of benzene rings is 1. The molecule has 1 aromatic heterocycles. The minimum Gasteiger partial charge on any atom is -0.377 e. The highest BCUT2D eigenvalue weighted by molar-refractivity contribution is 5.94. The summed E-state index contributed by atoms with van der Waals surface area (Å²) in [5, 5.41) is 0.961. The van der Waals surface area contributed by atoms with Crippen LogP contribution in [0.1, 0.15) is 5.56 Å². The maximum Gasteiger partial charge on any atom is 0.242 e. The van der Waals surface area contributed by atoms with Crippen LogP contribution in [0.15, 0.2) is 24.5 Å². The van der Waals surface area contributed by atoms with Gasteiger partial charge in [0.05, 0.1) is 18.7 Å². The molecule has 0 bridgehead atoms. The molecule has 104 valence electrons. The van der Waals surface area contributed by atoms with E-state index in [1.54, 1.807) is 0 Å². The van der Waals surface area contributed by atoms with Crippen LogP contribution in [-0.2, 0) is 9.53 Å². The van der Waals surface area contributed by atoms with E-state index in [0.29, 0.717) is 19.8 Å². The molecular weight excluding hydrogens is 256 g/mol. The summed E-state index contributed by atoms with van der Waals surface area (Å²) in [5.74, 6) is 0.352. The molecule has 2 aromatic rings. The van der Waals surface area contributed by atoms with E-state index >= 15 is 0 Å². The third-order valence-corrected chi connectivity index (χ3v) is 3.58. The number of aromatic nitrogens is 2. The van der Waals surface area contributed by atoms with Crippen molar-refractivity contribution in [1.29, 1.82) is 0 Å². The quantitative estimate of drug-likeness (QED) is 0.867. The van der Waals surface area contributed by atoms with E-state index in [2.05, 4.69) is 9.97 Å². The molecule has 1 amide bonds. The Hall–Kier alpha value is -2.21. The fourth-order valence-electron chi connectivity index (χ4n) is 2.57. The third-order valence-electron chi connectivity index (χ3n) is 3.58. The Balaban J connectivity index is 2.15. The highest BCUT2D eigenvalue weighted by Gasteiger charge is 2.30. The monoisotopic (exact) mass is 272 g/mol. The maximum atomic E-state index is 11.6. The lowest BCUT2D eigenvalue weighted by Gasteiger charge is -2.35. The number of rotatable bonds is 2. The van der Waals surface area contributed by atoms with Crippen molar-refractivity contribution in [2.75, 3.05) is 24.7 Å². The summed E-state index contributed by atoms with van der Waals surface area (Å²) in [6, 6.07) is 5.42. The predicted molar refractivity (Wildman–Crippen MR) is 75.4 cm³/mol. The van der Waals surface area contributed by atoms with Crippen LogP contribution < -0.4 is 10.6 Å². The Bertz CT molecular complexity index is 653. The van der Waals surface area contributed by atoms with Crippen LogP contribution in [0, 0.1) is 6.92 Å². The smallest absolute Gasteiger partial charge is 0.242 e. The Kier molecular flexibility index (Phi) is 3.23. The normalized spacial score (nSPS) is 19.2. The maximum absolute atomic E-state index is 11.6. The molecule has 1 atom stereocenters. The first-order valence-electron chi connectivity index (χ1n) is 6.52. The lowest BCUT2D eigenvalue weighted by Crippen LogP contribution is -2.53. The lowest BCUT2D eigenvalue weighted by atomic mass is 10.1. The van der Waals surface area contributed by atoms with Crippen molar-refractivity contribution in [3.8, 4) is 0 Å². The molecule has 1 unspecified atom stereocenters. The lowest BCUT2D eigenvalue weighted by molar-refractivity contribution is -0.121. The number of carbonyl (C=O) groups is 1. The van der Waals surface area contributed by atoms with Crippen molar-refractivity contribution in [3.05, 3.63) is 30.1 Å². The van der Waals surface area contributed by atoms with Gasteiger partial charge in [0.15, 0.2) is 0 Å². The molecule has 1 saturated heterocycles. The number of amides is 1. The number of nitrogens with zero attached hydrogens (tertiary/aromatic N) is 3. The summed E-state index contributed by atoms with van der Waals surface area (Å²) in [6.45, 7) is 3.46. The summed E-state index contributed by atoms with van der Waals surface area (Å²) in [5.41, 5.74) is 7.42. The molecule has 2 N–H and O–H groups in total. The number of hydrogen-bond acceptors (Lipinski definition) is 5. The van der Waals surface area contributed by atoms with E-state index in [1.165, 1.54) is 6.33 Å². The molecule has 0 spiro atoms. The summed E-state index contributed by atoms with van der Waals surface area (Å²) in [6.07, 6.45) is 1.52. The largest absolute Gasteiger partial charge is 0.377 e. The molecule has 1 fully saturated rings. The highest BCUT2D eigenvalue weighted by Crippen LogP contribution is 2.28. The molecule has 6 nitrogen and oxygen atoms in total. The summed E-state index contributed by atoms with van der Waals surface area (Å²) >= 11 is 0.